The zero-order chi connectivity index (χ0) is 17.3. The number of benzene rings is 1. The molecule has 5 nitrogen and oxygen atoms in total. The van der Waals surface area contributed by atoms with Gasteiger partial charge in [-0.15, -0.1) is 0 Å². The summed E-state index contributed by atoms with van der Waals surface area (Å²) in [5, 5.41) is 9.89. The summed E-state index contributed by atoms with van der Waals surface area (Å²) in [6.45, 7) is 5.41. The van der Waals surface area contributed by atoms with Crippen LogP contribution in [0.5, 0.6) is 11.5 Å². The predicted octanol–water partition coefficient (Wildman–Crippen LogP) is 3.34. The van der Waals surface area contributed by atoms with Crippen LogP contribution in [0.15, 0.2) is 18.2 Å². The highest BCUT2D eigenvalue weighted by Crippen LogP contribution is 2.42. The van der Waals surface area contributed by atoms with Gasteiger partial charge in [0.2, 0.25) is 6.79 Å². The van der Waals surface area contributed by atoms with E-state index in [1.165, 1.54) is 0 Å². The number of carbonyl (C=O) groups is 1. The summed E-state index contributed by atoms with van der Waals surface area (Å²) in [6, 6.07) is 5.91. The average Bonchev–Trinajstić information content (AvgIpc) is 3.11. The van der Waals surface area contributed by atoms with Gasteiger partial charge in [0.15, 0.2) is 11.5 Å². The van der Waals surface area contributed by atoms with Crippen molar-refractivity contribution in [2.24, 2.45) is 11.8 Å². The molecule has 4 atom stereocenters. The van der Waals surface area contributed by atoms with Gasteiger partial charge in [0.25, 0.3) is 0 Å². The maximum atomic E-state index is 12.0. The topological polar surface area (TPSA) is 59.0 Å². The number of carboxylic acids is 1. The fourth-order valence-corrected chi connectivity index (χ4v) is 4.24. The second-order valence-corrected chi connectivity index (χ2v) is 7.22. The van der Waals surface area contributed by atoms with Crippen molar-refractivity contribution in [2.75, 3.05) is 20.4 Å². The van der Waals surface area contributed by atoms with Gasteiger partial charge >= 0.3 is 5.97 Å². The smallest absolute Gasteiger partial charge is 0.308 e. The molecule has 5 heteroatoms. The molecule has 4 unspecified atom stereocenters. The van der Waals surface area contributed by atoms with Crippen molar-refractivity contribution in [3.8, 4) is 11.5 Å². The van der Waals surface area contributed by atoms with Gasteiger partial charge in [-0.2, -0.15) is 0 Å². The zero-order valence-corrected chi connectivity index (χ0v) is 14.7. The van der Waals surface area contributed by atoms with Gasteiger partial charge in [-0.25, -0.2) is 0 Å². The van der Waals surface area contributed by atoms with Gasteiger partial charge in [-0.1, -0.05) is 32.8 Å². The Kier molecular flexibility index (Phi) is 4.99. The lowest BCUT2D eigenvalue weighted by Gasteiger charge is -2.26. The highest BCUT2D eigenvalue weighted by atomic mass is 16.7. The van der Waals surface area contributed by atoms with Crippen LogP contribution >= 0.6 is 0 Å². The number of fused-ring (bicyclic) bond motifs is 1. The number of ether oxygens (including phenoxy) is 2. The number of nitrogens with zero attached hydrogens (tertiary/aromatic N) is 1. The molecule has 1 fully saturated rings. The summed E-state index contributed by atoms with van der Waals surface area (Å²) in [7, 11) is 2.05. The van der Waals surface area contributed by atoms with Gasteiger partial charge in [0.05, 0.1) is 5.92 Å². The Hall–Kier alpha value is -1.75. The molecule has 1 aromatic carbocycles. The molecule has 0 bridgehead atoms. The minimum atomic E-state index is -0.698. The lowest BCUT2D eigenvalue weighted by atomic mass is 9.82. The van der Waals surface area contributed by atoms with Crippen molar-refractivity contribution in [3.05, 3.63) is 23.8 Å². The quantitative estimate of drug-likeness (QED) is 0.865. The summed E-state index contributed by atoms with van der Waals surface area (Å²) < 4.78 is 10.8. The van der Waals surface area contributed by atoms with Crippen molar-refractivity contribution in [3.63, 3.8) is 0 Å². The minimum Gasteiger partial charge on any atom is -0.481 e. The van der Waals surface area contributed by atoms with Gasteiger partial charge < -0.3 is 19.5 Å². The molecule has 24 heavy (non-hydrogen) atoms. The maximum absolute atomic E-state index is 12.0. The highest BCUT2D eigenvalue weighted by Gasteiger charge is 2.45. The normalized spacial score (nSPS) is 27.4. The van der Waals surface area contributed by atoms with E-state index in [0.29, 0.717) is 5.92 Å². The summed E-state index contributed by atoms with van der Waals surface area (Å²) in [4.78, 5) is 14.3. The molecule has 2 heterocycles. The third kappa shape index (κ3) is 3.22. The van der Waals surface area contributed by atoms with Gasteiger partial charge in [-0.05, 0) is 37.1 Å². The van der Waals surface area contributed by atoms with E-state index in [1.54, 1.807) is 0 Å². The Morgan fingerprint density at radius 2 is 2.12 bits per heavy atom. The van der Waals surface area contributed by atoms with Crippen LogP contribution in [-0.4, -0.2) is 42.4 Å². The fraction of sp³-hybridized carbons (Fsp3) is 0.632. The van der Waals surface area contributed by atoms with E-state index in [4.69, 9.17) is 9.47 Å². The predicted molar refractivity (Wildman–Crippen MR) is 91.5 cm³/mol. The van der Waals surface area contributed by atoms with Gasteiger partial charge in [-0.3, -0.25) is 4.79 Å². The summed E-state index contributed by atoms with van der Waals surface area (Å²) in [6.07, 6.45) is 3.22. The van der Waals surface area contributed by atoms with E-state index in [0.717, 1.165) is 42.9 Å². The monoisotopic (exact) mass is 333 g/mol. The fourth-order valence-electron chi connectivity index (χ4n) is 4.24. The molecule has 0 amide bonds. The second kappa shape index (κ2) is 7.01. The number of likely N-dealkylation sites (N-methyl/N-ethyl adjacent to an activating group) is 1. The van der Waals surface area contributed by atoms with Crippen LogP contribution in [0.2, 0.25) is 0 Å². The first-order valence-corrected chi connectivity index (χ1v) is 8.83. The third-order valence-corrected chi connectivity index (χ3v) is 5.43. The molecule has 0 aromatic heterocycles. The summed E-state index contributed by atoms with van der Waals surface area (Å²) in [5.74, 6) is 0.915. The number of hydrogen-bond acceptors (Lipinski definition) is 4. The molecule has 2 aliphatic rings. The molecule has 0 spiro atoms. The molecular weight excluding hydrogens is 306 g/mol. The van der Waals surface area contributed by atoms with Gasteiger partial charge in [0.1, 0.15) is 0 Å². The van der Waals surface area contributed by atoms with E-state index < -0.39 is 5.97 Å². The molecule has 132 valence electrons. The Labute approximate surface area is 143 Å². The van der Waals surface area contributed by atoms with Crippen LogP contribution in [0.3, 0.4) is 0 Å². The van der Waals surface area contributed by atoms with Crippen LogP contribution in [0, 0.1) is 11.8 Å². The number of likely N-dealkylation sites (tertiary alicyclic amines) is 1. The molecule has 0 radical (unpaired) electrons. The van der Waals surface area contributed by atoms with E-state index in [1.807, 2.05) is 25.2 Å². The standard InChI is InChI=1S/C19H27NO4/c1-4-5-12(2)8-15-18(19(21)22)14(10-20(15)3)13-6-7-16-17(9-13)24-11-23-16/h6-7,9,12,14-15,18H,4-5,8,10-11H2,1-3H3,(H,21,22). The Morgan fingerprint density at radius 3 is 2.83 bits per heavy atom. The van der Waals surface area contributed by atoms with E-state index >= 15 is 0 Å². The van der Waals surface area contributed by atoms with Crippen LogP contribution in [0.25, 0.3) is 0 Å². The molecule has 0 aliphatic carbocycles. The van der Waals surface area contributed by atoms with Crippen molar-refractivity contribution in [1.82, 2.24) is 4.90 Å². The molecule has 2 aliphatic heterocycles. The first kappa shape index (κ1) is 17.1. The first-order chi connectivity index (χ1) is 11.5. The molecule has 3 rings (SSSR count). The molecule has 1 aromatic rings. The number of carboxylic acid groups (broad SMARTS) is 1. The van der Waals surface area contributed by atoms with Crippen molar-refractivity contribution in [2.45, 2.75) is 45.1 Å². The molecule has 1 saturated heterocycles. The molecule has 0 saturated carbocycles. The van der Waals surface area contributed by atoms with Crippen LogP contribution in [0.4, 0.5) is 0 Å². The SMILES string of the molecule is CCCC(C)CC1C(C(=O)O)C(c2ccc3c(c2)OCO3)CN1C. The largest absolute Gasteiger partial charge is 0.481 e. The lowest BCUT2D eigenvalue weighted by molar-refractivity contribution is -0.143. The van der Waals surface area contributed by atoms with E-state index in [9.17, 15) is 9.90 Å². The zero-order valence-electron chi connectivity index (χ0n) is 14.7. The Morgan fingerprint density at radius 1 is 1.38 bits per heavy atom. The highest BCUT2D eigenvalue weighted by molar-refractivity contribution is 5.73. The van der Waals surface area contributed by atoms with Crippen molar-refractivity contribution in [1.29, 1.82) is 0 Å². The van der Waals surface area contributed by atoms with Gasteiger partial charge in [0, 0.05) is 18.5 Å². The molecular formula is C19H27NO4. The summed E-state index contributed by atoms with van der Waals surface area (Å²) in [5.41, 5.74) is 1.03. The number of rotatable bonds is 6. The van der Waals surface area contributed by atoms with Crippen LogP contribution < -0.4 is 9.47 Å². The first-order valence-electron chi connectivity index (χ1n) is 8.83. The Bertz CT molecular complexity index is 603. The number of hydrogen-bond donors (Lipinski definition) is 1. The number of aliphatic carboxylic acids is 1. The second-order valence-electron chi connectivity index (χ2n) is 7.22. The average molecular weight is 333 g/mol. The van der Waals surface area contributed by atoms with Crippen LogP contribution in [-0.2, 0) is 4.79 Å². The van der Waals surface area contributed by atoms with E-state index in [2.05, 4.69) is 18.7 Å². The minimum absolute atomic E-state index is 0.0131. The van der Waals surface area contributed by atoms with E-state index in [-0.39, 0.29) is 24.7 Å². The third-order valence-electron chi connectivity index (χ3n) is 5.43. The maximum Gasteiger partial charge on any atom is 0.308 e. The Balaban J connectivity index is 1.84. The lowest BCUT2D eigenvalue weighted by Crippen LogP contribution is -2.35. The molecule has 1 N–H and O–H groups in total. The van der Waals surface area contributed by atoms with Crippen LogP contribution in [0.1, 0.15) is 44.6 Å². The van der Waals surface area contributed by atoms with Crippen molar-refractivity contribution >= 4 is 5.97 Å². The summed E-state index contributed by atoms with van der Waals surface area (Å²) >= 11 is 0. The van der Waals surface area contributed by atoms with Crippen molar-refractivity contribution < 1.29 is 19.4 Å².